The average molecular weight is 486 g/mol. The minimum atomic E-state index is -2.26. The molecule has 0 saturated heterocycles. The molecule has 0 radical (unpaired) electrons. The van der Waals surface area contributed by atoms with Gasteiger partial charge in [-0.25, -0.2) is 0 Å². The Hall–Kier alpha value is -4.00. The second-order valence-electron chi connectivity index (χ2n) is 8.58. The lowest BCUT2D eigenvalue weighted by Crippen LogP contribution is -2.34. The summed E-state index contributed by atoms with van der Waals surface area (Å²) in [6, 6.07) is 47.1. The van der Waals surface area contributed by atoms with Crippen LogP contribution in [-0.2, 0) is 6.54 Å². The largest absolute Gasteiger partial charge is 0.254 e. The van der Waals surface area contributed by atoms with Crippen molar-refractivity contribution in [3.63, 3.8) is 0 Å². The summed E-state index contributed by atoms with van der Waals surface area (Å²) >= 11 is 0. The molecule has 0 fully saturated rings. The Balaban J connectivity index is 1.62. The molecule has 2 nitrogen and oxygen atoms in total. The van der Waals surface area contributed by atoms with Gasteiger partial charge in [0.2, 0.25) is 5.69 Å². The maximum atomic E-state index is 5.57. The molecule has 0 amide bonds. The molecule has 4 aromatic carbocycles. The molecule has 1 heterocycles. The Morgan fingerprint density at radius 1 is 0.583 bits per heavy atom. The van der Waals surface area contributed by atoms with Crippen molar-refractivity contribution in [3.8, 4) is 0 Å². The number of benzene rings is 4. The topological polar surface area (TPSA) is 16.2 Å². The van der Waals surface area contributed by atoms with Crippen LogP contribution in [0.1, 0.15) is 18.2 Å². The molecule has 0 atom stereocenters. The van der Waals surface area contributed by atoms with Gasteiger partial charge >= 0.3 is 0 Å². The zero-order valence-electron chi connectivity index (χ0n) is 20.5. The first-order valence-electron chi connectivity index (χ1n) is 12.4. The van der Waals surface area contributed by atoms with E-state index in [2.05, 4.69) is 163 Å². The smallest absolute Gasteiger partial charge is 0.205 e. The molecule has 0 aliphatic heterocycles. The Labute approximate surface area is 214 Å². The minimum Gasteiger partial charge on any atom is -0.254 e. The van der Waals surface area contributed by atoms with Crippen molar-refractivity contribution >= 4 is 40.8 Å². The van der Waals surface area contributed by atoms with E-state index in [0.717, 1.165) is 17.8 Å². The number of hydrogen-bond acceptors (Lipinski definition) is 1. The van der Waals surface area contributed by atoms with Crippen LogP contribution in [0.2, 0.25) is 0 Å². The number of aryl methyl sites for hydroxylation is 1. The number of nitrogens with zero attached hydrogens (tertiary/aromatic N) is 2. The maximum Gasteiger partial charge on any atom is 0.205 e. The van der Waals surface area contributed by atoms with Crippen LogP contribution in [0.15, 0.2) is 144 Å². The van der Waals surface area contributed by atoms with Gasteiger partial charge in [-0.05, 0) is 36.8 Å². The predicted octanol–water partition coefficient (Wildman–Crippen LogP) is 6.97. The number of rotatable bonds is 7. The van der Waals surface area contributed by atoms with Crippen LogP contribution in [0.5, 0.6) is 0 Å². The highest BCUT2D eigenvalue weighted by molar-refractivity contribution is 7.87. The van der Waals surface area contributed by atoms with E-state index in [-0.39, 0.29) is 0 Å². The van der Waals surface area contributed by atoms with E-state index in [1.807, 2.05) is 0 Å². The molecular formula is C33H30N2P+. The summed E-state index contributed by atoms with van der Waals surface area (Å²) in [5, 5.41) is 3.75. The molecule has 36 heavy (non-hydrogen) atoms. The standard InChI is InChI=1S/C33H30N2P/c1-2-35-27-13-12-14-30(35)26-23-28-21-24-29(25-22-28)34-36(31-15-6-3-7-16-31,32-17-8-4-9-18-32)33-19-10-5-11-20-33/h3-27H,2H2,1H3/q+1. The van der Waals surface area contributed by atoms with Crippen LogP contribution < -0.4 is 20.5 Å². The van der Waals surface area contributed by atoms with Crippen molar-refractivity contribution in [1.82, 2.24) is 0 Å². The van der Waals surface area contributed by atoms with Crippen LogP contribution in [-0.4, -0.2) is 0 Å². The zero-order valence-corrected chi connectivity index (χ0v) is 21.4. The summed E-state index contributed by atoms with van der Waals surface area (Å²) < 4.78 is 7.81. The summed E-state index contributed by atoms with van der Waals surface area (Å²) in [5.41, 5.74) is 3.33. The van der Waals surface area contributed by atoms with E-state index < -0.39 is 7.05 Å². The Morgan fingerprint density at radius 2 is 1.08 bits per heavy atom. The van der Waals surface area contributed by atoms with Crippen LogP contribution >= 0.6 is 7.05 Å². The van der Waals surface area contributed by atoms with Crippen LogP contribution in [0.3, 0.4) is 0 Å². The first-order chi connectivity index (χ1) is 17.8. The summed E-state index contributed by atoms with van der Waals surface area (Å²) in [6.07, 6.45) is 6.45. The van der Waals surface area contributed by atoms with Crippen molar-refractivity contribution in [3.05, 3.63) is 151 Å². The first-order valence-corrected chi connectivity index (χ1v) is 14.1. The van der Waals surface area contributed by atoms with Gasteiger partial charge in [-0.15, -0.1) is 0 Å². The number of aromatic nitrogens is 1. The lowest BCUT2D eigenvalue weighted by molar-refractivity contribution is -0.695. The molecule has 0 saturated carbocycles. The summed E-state index contributed by atoms with van der Waals surface area (Å²) in [4.78, 5) is 0. The highest BCUT2D eigenvalue weighted by Crippen LogP contribution is 2.49. The molecule has 176 valence electrons. The van der Waals surface area contributed by atoms with Gasteiger partial charge in [0.25, 0.3) is 0 Å². The third kappa shape index (κ3) is 5.00. The Morgan fingerprint density at radius 3 is 1.58 bits per heavy atom. The van der Waals surface area contributed by atoms with E-state index in [1.54, 1.807) is 0 Å². The second-order valence-corrected chi connectivity index (χ2v) is 11.6. The van der Waals surface area contributed by atoms with Crippen LogP contribution in [0.25, 0.3) is 12.2 Å². The van der Waals surface area contributed by atoms with Crippen LogP contribution in [0, 0.1) is 0 Å². The summed E-state index contributed by atoms with van der Waals surface area (Å²) in [5.74, 6) is 0. The quantitative estimate of drug-likeness (QED) is 0.175. The fraction of sp³-hybridized carbons (Fsp3) is 0.0606. The van der Waals surface area contributed by atoms with E-state index in [4.69, 9.17) is 4.74 Å². The fourth-order valence-corrected chi connectivity index (χ4v) is 8.02. The molecule has 1 aromatic heterocycles. The van der Waals surface area contributed by atoms with Crippen molar-refractivity contribution in [1.29, 1.82) is 0 Å². The molecule has 0 aliphatic rings. The van der Waals surface area contributed by atoms with Crippen LogP contribution in [0.4, 0.5) is 5.69 Å². The molecule has 0 N–H and O–H groups in total. The van der Waals surface area contributed by atoms with Gasteiger partial charge < -0.3 is 0 Å². The maximum absolute atomic E-state index is 5.57. The Kier molecular flexibility index (Phi) is 7.36. The molecule has 0 unspecified atom stereocenters. The zero-order chi connectivity index (χ0) is 24.6. The average Bonchev–Trinajstić information content (AvgIpc) is 2.97. The van der Waals surface area contributed by atoms with E-state index in [1.165, 1.54) is 21.6 Å². The highest BCUT2D eigenvalue weighted by atomic mass is 31.2. The summed E-state index contributed by atoms with van der Waals surface area (Å²) in [7, 11) is -2.26. The van der Waals surface area contributed by atoms with Gasteiger partial charge in [-0.3, -0.25) is 4.74 Å². The van der Waals surface area contributed by atoms with Gasteiger partial charge in [0.15, 0.2) is 6.20 Å². The monoisotopic (exact) mass is 485 g/mol. The lowest BCUT2D eigenvalue weighted by Gasteiger charge is -2.27. The number of hydrogen-bond donors (Lipinski definition) is 0. The molecular weight excluding hydrogens is 455 g/mol. The molecule has 5 aromatic rings. The van der Waals surface area contributed by atoms with Crippen molar-refractivity contribution in [2.75, 3.05) is 0 Å². The predicted molar refractivity (Wildman–Crippen MR) is 155 cm³/mol. The number of pyridine rings is 1. The third-order valence-corrected chi connectivity index (χ3v) is 9.98. The SMILES string of the molecule is CC[n+]1ccccc1C=Cc1ccc(N=P(c2ccccc2)(c2ccccc2)c2ccccc2)cc1. The van der Waals surface area contributed by atoms with Gasteiger partial charge in [0.05, 0.1) is 12.7 Å². The van der Waals surface area contributed by atoms with E-state index in [9.17, 15) is 0 Å². The van der Waals surface area contributed by atoms with E-state index in [0.29, 0.717) is 0 Å². The van der Waals surface area contributed by atoms with E-state index >= 15 is 0 Å². The normalized spacial score (nSPS) is 11.5. The first kappa shape index (κ1) is 23.7. The highest BCUT2D eigenvalue weighted by Gasteiger charge is 2.27. The van der Waals surface area contributed by atoms with Gasteiger partial charge in [-0.2, -0.15) is 4.57 Å². The van der Waals surface area contributed by atoms with Crippen molar-refractivity contribution < 1.29 is 4.57 Å². The second kappa shape index (κ2) is 11.2. The Bertz CT molecular complexity index is 1390. The lowest BCUT2D eigenvalue weighted by atomic mass is 10.2. The summed E-state index contributed by atoms with van der Waals surface area (Å²) in [6.45, 7) is 3.11. The molecule has 5 rings (SSSR count). The van der Waals surface area contributed by atoms with Crippen molar-refractivity contribution in [2.24, 2.45) is 4.74 Å². The third-order valence-electron chi connectivity index (χ3n) is 6.31. The fourth-order valence-electron chi connectivity index (χ4n) is 4.49. The molecule has 0 spiro atoms. The van der Waals surface area contributed by atoms with Gasteiger partial charge in [0.1, 0.15) is 6.54 Å². The molecule has 3 heteroatoms. The minimum absolute atomic E-state index is 0.947. The van der Waals surface area contributed by atoms with Gasteiger partial charge in [0, 0.05) is 34.1 Å². The van der Waals surface area contributed by atoms with Crippen molar-refractivity contribution in [2.45, 2.75) is 13.5 Å². The van der Waals surface area contributed by atoms with Gasteiger partial charge in [-0.1, -0.05) is 103 Å². The molecule has 0 bridgehead atoms. The molecule has 0 aliphatic carbocycles.